The third kappa shape index (κ3) is 3.11. The fourth-order valence-corrected chi connectivity index (χ4v) is 2.07. The monoisotopic (exact) mass is 276 g/mol. The Morgan fingerprint density at radius 2 is 1.89 bits per heavy atom. The molecule has 0 spiro atoms. The molecule has 0 amide bonds. The number of nitrogens with zero attached hydrogens (tertiary/aromatic N) is 2. The summed E-state index contributed by atoms with van der Waals surface area (Å²) in [6.45, 7) is 6.43. The molecule has 0 aliphatic heterocycles. The Kier molecular flexibility index (Phi) is 4.51. The van der Waals surface area contributed by atoms with Gasteiger partial charge in [-0.1, -0.05) is 41.9 Å². The van der Waals surface area contributed by atoms with E-state index in [0.717, 1.165) is 16.8 Å². The Balaban J connectivity index is 2.49. The first-order valence-electron chi connectivity index (χ1n) is 6.34. The summed E-state index contributed by atoms with van der Waals surface area (Å²) in [7, 11) is 0. The lowest BCUT2D eigenvalue weighted by atomic mass is 10.1. The molecular weight excluding hydrogens is 260 g/mol. The fraction of sp³-hybridized carbons (Fsp3) is 0.333. The Labute approximate surface area is 118 Å². The molecule has 0 bridgehead atoms. The molecule has 2 aromatic rings. The highest BCUT2D eigenvalue weighted by molar-refractivity contribution is 6.30. The number of rotatable bonds is 4. The zero-order chi connectivity index (χ0) is 13.8. The lowest BCUT2D eigenvalue weighted by Crippen LogP contribution is -2.07. The van der Waals surface area contributed by atoms with E-state index in [1.807, 2.05) is 51.1 Å². The van der Waals surface area contributed by atoms with Crippen LogP contribution in [-0.2, 0) is 4.74 Å². The molecule has 1 aromatic heterocycles. The molecule has 100 valence electrons. The summed E-state index contributed by atoms with van der Waals surface area (Å²) in [5.74, 6) is 0.622. The Bertz CT molecular complexity index is 558. The van der Waals surface area contributed by atoms with Crippen molar-refractivity contribution < 1.29 is 4.74 Å². The van der Waals surface area contributed by atoms with Crippen molar-refractivity contribution >= 4 is 11.6 Å². The van der Waals surface area contributed by atoms with Crippen LogP contribution in [0, 0.1) is 6.92 Å². The van der Waals surface area contributed by atoms with E-state index in [-0.39, 0.29) is 6.10 Å². The van der Waals surface area contributed by atoms with Crippen LogP contribution in [0.1, 0.15) is 31.3 Å². The number of benzene rings is 1. The van der Waals surface area contributed by atoms with E-state index in [1.165, 1.54) is 0 Å². The van der Waals surface area contributed by atoms with Crippen LogP contribution in [0.3, 0.4) is 0 Å². The molecule has 19 heavy (non-hydrogen) atoms. The van der Waals surface area contributed by atoms with E-state index in [9.17, 15) is 0 Å². The minimum Gasteiger partial charge on any atom is -0.371 e. The van der Waals surface area contributed by atoms with Crippen LogP contribution < -0.4 is 0 Å². The molecule has 1 atom stereocenters. The summed E-state index contributed by atoms with van der Waals surface area (Å²) in [6, 6.07) is 9.97. The smallest absolute Gasteiger partial charge is 0.159 e. The summed E-state index contributed by atoms with van der Waals surface area (Å²) in [5.41, 5.74) is 2.79. The first kappa shape index (κ1) is 14.0. The van der Waals surface area contributed by atoms with Gasteiger partial charge in [0.2, 0.25) is 0 Å². The third-order valence-electron chi connectivity index (χ3n) is 2.93. The van der Waals surface area contributed by atoms with Gasteiger partial charge in [0.25, 0.3) is 0 Å². The lowest BCUT2D eigenvalue weighted by molar-refractivity contribution is 0.0701. The highest BCUT2D eigenvalue weighted by Gasteiger charge is 2.15. The van der Waals surface area contributed by atoms with E-state index in [0.29, 0.717) is 17.6 Å². The predicted molar refractivity (Wildman–Crippen MR) is 77.3 cm³/mol. The molecule has 1 heterocycles. The van der Waals surface area contributed by atoms with Crippen LogP contribution in [0.25, 0.3) is 11.3 Å². The normalized spacial score (nSPS) is 12.4. The Hall–Kier alpha value is -1.45. The average Bonchev–Trinajstić information content (AvgIpc) is 2.43. The minimum absolute atomic E-state index is 0.162. The molecule has 0 saturated heterocycles. The molecular formula is C15H17ClN2O. The van der Waals surface area contributed by atoms with E-state index in [1.54, 1.807) is 0 Å². The number of hydrogen-bond acceptors (Lipinski definition) is 3. The van der Waals surface area contributed by atoms with Crippen molar-refractivity contribution in [2.45, 2.75) is 26.9 Å². The van der Waals surface area contributed by atoms with Gasteiger partial charge >= 0.3 is 0 Å². The van der Waals surface area contributed by atoms with Crippen molar-refractivity contribution in [2.24, 2.45) is 0 Å². The molecule has 0 aliphatic rings. The molecule has 4 heteroatoms. The van der Waals surface area contributed by atoms with Crippen molar-refractivity contribution in [1.29, 1.82) is 0 Å². The molecule has 3 nitrogen and oxygen atoms in total. The number of hydrogen-bond donors (Lipinski definition) is 0. The van der Waals surface area contributed by atoms with Crippen LogP contribution in [-0.4, -0.2) is 16.6 Å². The topological polar surface area (TPSA) is 35.0 Å². The first-order valence-corrected chi connectivity index (χ1v) is 6.72. The van der Waals surface area contributed by atoms with Gasteiger partial charge in [-0.3, -0.25) is 0 Å². The number of halogens is 1. The highest BCUT2D eigenvalue weighted by atomic mass is 35.5. The summed E-state index contributed by atoms with van der Waals surface area (Å²) in [5, 5.41) is 0.482. The van der Waals surface area contributed by atoms with Gasteiger partial charge in [-0.15, -0.1) is 0 Å². The maximum absolute atomic E-state index is 6.21. The van der Waals surface area contributed by atoms with Crippen molar-refractivity contribution in [1.82, 2.24) is 9.97 Å². The van der Waals surface area contributed by atoms with Gasteiger partial charge in [0.15, 0.2) is 5.82 Å². The summed E-state index contributed by atoms with van der Waals surface area (Å²) in [6.07, 6.45) is -0.162. The summed E-state index contributed by atoms with van der Waals surface area (Å²) in [4.78, 5) is 8.91. The first-order chi connectivity index (χ1) is 9.13. The van der Waals surface area contributed by atoms with Gasteiger partial charge in [-0.25, -0.2) is 9.97 Å². The largest absolute Gasteiger partial charge is 0.371 e. The molecule has 2 rings (SSSR count). The SMILES string of the molecule is CCOC(C)c1nc(Cl)c(C)c(-c2ccccc2)n1. The molecule has 0 N–H and O–H groups in total. The average molecular weight is 277 g/mol. The number of aromatic nitrogens is 2. The van der Waals surface area contributed by atoms with Gasteiger partial charge in [0.05, 0.1) is 5.69 Å². The molecule has 0 radical (unpaired) electrons. The molecule has 0 aliphatic carbocycles. The van der Waals surface area contributed by atoms with E-state index in [4.69, 9.17) is 16.3 Å². The van der Waals surface area contributed by atoms with Crippen LogP contribution >= 0.6 is 11.6 Å². The molecule has 1 aromatic carbocycles. The van der Waals surface area contributed by atoms with Gasteiger partial charge in [-0.2, -0.15) is 0 Å². The van der Waals surface area contributed by atoms with E-state index < -0.39 is 0 Å². The van der Waals surface area contributed by atoms with Crippen molar-refractivity contribution in [3.05, 3.63) is 46.9 Å². The molecule has 0 saturated carbocycles. The van der Waals surface area contributed by atoms with Crippen LogP contribution in [0.4, 0.5) is 0 Å². The van der Waals surface area contributed by atoms with Crippen molar-refractivity contribution in [3.63, 3.8) is 0 Å². The van der Waals surface area contributed by atoms with E-state index >= 15 is 0 Å². The van der Waals surface area contributed by atoms with Gasteiger partial charge in [0.1, 0.15) is 11.3 Å². The lowest BCUT2D eigenvalue weighted by Gasteiger charge is -2.14. The van der Waals surface area contributed by atoms with Gasteiger partial charge in [-0.05, 0) is 20.8 Å². The van der Waals surface area contributed by atoms with Crippen molar-refractivity contribution in [2.75, 3.05) is 6.61 Å². The van der Waals surface area contributed by atoms with Crippen molar-refractivity contribution in [3.8, 4) is 11.3 Å². The molecule has 0 fully saturated rings. The standard InChI is InChI=1S/C15H17ClN2O/c1-4-19-11(3)15-17-13(10(2)14(16)18-15)12-8-6-5-7-9-12/h5-9,11H,4H2,1-3H3. The Morgan fingerprint density at radius 1 is 1.21 bits per heavy atom. The minimum atomic E-state index is -0.162. The second kappa shape index (κ2) is 6.13. The quantitative estimate of drug-likeness (QED) is 0.785. The Morgan fingerprint density at radius 3 is 2.53 bits per heavy atom. The van der Waals surface area contributed by atoms with Crippen LogP contribution in [0.15, 0.2) is 30.3 Å². The zero-order valence-electron chi connectivity index (χ0n) is 11.4. The summed E-state index contributed by atoms with van der Waals surface area (Å²) >= 11 is 6.21. The van der Waals surface area contributed by atoms with Crippen LogP contribution in [0.5, 0.6) is 0 Å². The predicted octanol–water partition coefficient (Wildman–Crippen LogP) is 4.20. The second-order valence-electron chi connectivity index (χ2n) is 4.31. The molecule has 1 unspecified atom stereocenters. The fourth-order valence-electron chi connectivity index (χ4n) is 1.89. The third-order valence-corrected chi connectivity index (χ3v) is 3.30. The maximum Gasteiger partial charge on any atom is 0.159 e. The van der Waals surface area contributed by atoms with Crippen LogP contribution in [0.2, 0.25) is 5.15 Å². The highest BCUT2D eigenvalue weighted by Crippen LogP contribution is 2.27. The number of ether oxygens (including phenoxy) is 1. The summed E-state index contributed by atoms with van der Waals surface area (Å²) < 4.78 is 5.53. The van der Waals surface area contributed by atoms with Gasteiger partial charge < -0.3 is 4.74 Å². The van der Waals surface area contributed by atoms with Gasteiger partial charge in [0, 0.05) is 17.7 Å². The maximum atomic E-state index is 6.21. The van der Waals surface area contributed by atoms with E-state index in [2.05, 4.69) is 9.97 Å². The zero-order valence-corrected chi connectivity index (χ0v) is 12.1. The second-order valence-corrected chi connectivity index (χ2v) is 4.67.